The molecule has 0 unspecified atom stereocenters. The molecule has 0 radical (unpaired) electrons. The summed E-state index contributed by atoms with van der Waals surface area (Å²) in [5.41, 5.74) is -1.26. The summed E-state index contributed by atoms with van der Waals surface area (Å²) in [5, 5.41) is 6.32. The van der Waals surface area contributed by atoms with Gasteiger partial charge >= 0.3 is 35.7 Å². The second-order valence-corrected chi connectivity index (χ2v) is 4.27. The first-order chi connectivity index (χ1) is 9.34. The quantitative estimate of drug-likeness (QED) is 0.861. The van der Waals surface area contributed by atoms with Crippen LogP contribution in [0, 0.1) is 0 Å². The Labute approximate surface area is 145 Å². The van der Waals surface area contributed by atoms with Crippen LogP contribution in [-0.2, 0) is 6.18 Å². The summed E-state index contributed by atoms with van der Waals surface area (Å²) in [4.78, 5) is 12.0. The van der Waals surface area contributed by atoms with Crippen molar-refractivity contribution in [3.63, 3.8) is 0 Å². The monoisotopic (exact) mass is 327 g/mol. The predicted octanol–water partition coefficient (Wildman–Crippen LogP) is 2.30. The van der Waals surface area contributed by atoms with Crippen LogP contribution in [-0.4, -0.2) is 46.4 Å². The molecule has 1 aromatic heterocycles. The fraction of sp³-hybridized carbons (Fsp3) is 0.167. The van der Waals surface area contributed by atoms with E-state index in [1.54, 1.807) is 7.05 Å². The standard InChI is InChI=1S/C12H9ClF3N3O.Na.H/c1-17-9-6-18-19(11(20)10(9)13)8-4-2-3-7(5-8)12(14,15)16;;/h2-6,17H,1H3;;. The number of benzene rings is 1. The van der Waals surface area contributed by atoms with E-state index in [4.69, 9.17) is 11.6 Å². The molecular formula is C12H10ClF3N3NaO. The molecule has 0 amide bonds. The van der Waals surface area contributed by atoms with Crippen molar-refractivity contribution in [3.8, 4) is 5.69 Å². The molecule has 108 valence electrons. The molecule has 0 spiro atoms. The summed E-state index contributed by atoms with van der Waals surface area (Å²) >= 11 is 5.82. The number of hydrogen-bond donors (Lipinski definition) is 1. The molecule has 9 heteroatoms. The van der Waals surface area contributed by atoms with Crippen LogP contribution < -0.4 is 10.9 Å². The summed E-state index contributed by atoms with van der Waals surface area (Å²) in [6.45, 7) is 0. The van der Waals surface area contributed by atoms with Gasteiger partial charge in [0.05, 0.1) is 23.1 Å². The van der Waals surface area contributed by atoms with Crippen molar-refractivity contribution >= 4 is 46.8 Å². The third-order valence-corrected chi connectivity index (χ3v) is 2.97. The van der Waals surface area contributed by atoms with Gasteiger partial charge in [-0.1, -0.05) is 17.7 Å². The molecule has 0 aliphatic heterocycles. The molecule has 2 rings (SSSR count). The van der Waals surface area contributed by atoms with E-state index in [0.29, 0.717) is 5.69 Å². The van der Waals surface area contributed by atoms with E-state index in [1.165, 1.54) is 18.3 Å². The van der Waals surface area contributed by atoms with E-state index < -0.39 is 17.3 Å². The molecule has 0 atom stereocenters. The van der Waals surface area contributed by atoms with E-state index in [1.807, 2.05) is 0 Å². The Hall–Kier alpha value is -1.02. The zero-order chi connectivity index (χ0) is 14.9. The van der Waals surface area contributed by atoms with Gasteiger partial charge in [0.2, 0.25) is 0 Å². The van der Waals surface area contributed by atoms with Crippen LogP contribution in [0.5, 0.6) is 0 Å². The third kappa shape index (κ3) is 3.79. The summed E-state index contributed by atoms with van der Waals surface area (Å²) in [6.07, 6.45) is -3.22. The van der Waals surface area contributed by atoms with Crippen molar-refractivity contribution in [3.05, 3.63) is 51.4 Å². The Morgan fingerprint density at radius 2 is 2.00 bits per heavy atom. The van der Waals surface area contributed by atoms with Crippen LogP contribution in [0.25, 0.3) is 5.69 Å². The van der Waals surface area contributed by atoms with Gasteiger partial charge in [0, 0.05) is 7.05 Å². The van der Waals surface area contributed by atoms with Crippen molar-refractivity contribution < 1.29 is 13.2 Å². The Morgan fingerprint density at radius 1 is 1.33 bits per heavy atom. The first kappa shape index (κ1) is 18.0. The van der Waals surface area contributed by atoms with Crippen molar-refractivity contribution in [2.45, 2.75) is 6.18 Å². The van der Waals surface area contributed by atoms with Gasteiger partial charge in [0.25, 0.3) is 5.56 Å². The van der Waals surface area contributed by atoms with Gasteiger partial charge in [-0.05, 0) is 18.2 Å². The number of nitrogens with zero attached hydrogens (tertiary/aromatic N) is 2. The number of rotatable bonds is 2. The van der Waals surface area contributed by atoms with Gasteiger partial charge in [-0.25, -0.2) is 0 Å². The third-order valence-electron chi connectivity index (χ3n) is 2.61. The molecule has 0 bridgehead atoms. The molecule has 21 heavy (non-hydrogen) atoms. The van der Waals surface area contributed by atoms with Gasteiger partial charge in [0.1, 0.15) is 5.02 Å². The molecule has 1 N–H and O–H groups in total. The maximum absolute atomic E-state index is 12.6. The average molecular weight is 328 g/mol. The second kappa shape index (κ2) is 6.83. The molecule has 2 aromatic rings. The van der Waals surface area contributed by atoms with Gasteiger partial charge in [-0.2, -0.15) is 23.0 Å². The summed E-state index contributed by atoms with van der Waals surface area (Å²) < 4.78 is 38.7. The number of hydrogen-bond acceptors (Lipinski definition) is 3. The maximum atomic E-state index is 12.6. The van der Waals surface area contributed by atoms with Crippen LogP contribution in [0.2, 0.25) is 5.02 Å². The zero-order valence-corrected chi connectivity index (χ0v) is 11.0. The average Bonchev–Trinajstić information content (AvgIpc) is 2.41. The van der Waals surface area contributed by atoms with E-state index in [9.17, 15) is 18.0 Å². The van der Waals surface area contributed by atoms with Crippen molar-refractivity contribution in [2.75, 3.05) is 12.4 Å². The molecule has 0 fully saturated rings. The van der Waals surface area contributed by atoms with Gasteiger partial charge in [0.15, 0.2) is 0 Å². The normalized spacial score (nSPS) is 10.9. The minimum atomic E-state index is -4.49. The molecule has 1 heterocycles. The number of halogens is 4. The molecule has 1 aromatic carbocycles. The number of alkyl halides is 3. The molecule has 0 saturated carbocycles. The van der Waals surface area contributed by atoms with E-state index in [0.717, 1.165) is 16.8 Å². The van der Waals surface area contributed by atoms with Crippen molar-refractivity contribution in [1.29, 1.82) is 0 Å². The van der Waals surface area contributed by atoms with Crippen LogP contribution in [0.3, 0.4) is 0 Å². The number of aromatic nitrogens is 2. The Morgan fingerprint density at radius 3 is 2.57 bits per heavy atom. The van der Waals surface area contributed by atoms with Crippen LogP contribution in [0.1, 0.15) is 5.56 Å². The van der Waals surface area contributed by atoms with Crippen molar-refractivity contribution in [1.82, 2.24) is 9.78 Å². The first-order valence-corrected chi connectivity index (χ1v) is 5.85. The van der Waals surface area contributed by atoms with Crippen LogP contribution >= 0.6 is 11.6 Å². The molecule has 4 nitrogen and oxygen atoms in total. The molecule has 0 aliphatic carbocycles. The first-order valence-electron chi connectivity index (χ1n) is 5.48. The molecule has 0 saturated heterocycles. The van der Waals surface area contributed by atoms with Gasteiger partial charge in [-0.15, -0.1) is 0 Å². The van der Waals surface area contributed by atoms with Gasteiger partial charge < -0.3 is 5.32 Å². The van der Waals surface area contributed by atoms with Crippen LogP contribution in [0.4, 0.5) is 18.9 Å². The molecule has 0 aliphatic rings. The number of nitrogens with one attached hydrogen (secondary N) is 1. The van der Waals surface area contributed by atoms with Gasteiger partial charge in [-0.3, -0.25) is 4.79 Å². The van der Waals surface area contributed by atoms with E-state index in [2.05, 4.69) is 10.4 Å². The second-order valence-electron chi connectivity index (χ2n) is 3.89. The zero-order valence-electron chi connectivity index (χ0n) is 10.2. The van der Waals surface area contributed by atoms with E-state index in [-0.39, 0.29) is 40.3 Å². The molecular weight excluding hydrogens is 318 g/mol. The Kier molecular flexibility index (Phi) is 5.86. The fourth-order valence-corrected chi connectivity index (χ4v) is 1.83. The summed E-state index contributed by atoms with van der Waals surface area (Å²) in [6, 6.07) is 4.30. The Bertz CT molecular complexity index is 703. The SMILES string of the molecule is CNc1cnn(-c2cccc(C(F)(F)F)c2)c(=O)c1Cl.[NaH]. The fourth-order valence-electron chi connectivity index (χ4n) is 1.60. The summed E-state index contributed by atoms with van der Waals surface area (Å²) in [7, 11) is 1.55. The minimum absolute atomic E-state index is 0. The predicted molar refractivity (Wildman–Crippen MR) is 76.5 cm³/mol. The Balaban J connectivity index is 0.00000220. The van der Waals surface area contributed by atoms with E-state index >= 15 is 0 Å². The van der Waals surface area contributed by atoms with Crippen LogP contribution in [0.15, 0.2) is 35.3 Å². The number of anilines is 1. The van der Waals surface area contributed by atoms with Crippen molar-refractivity contribution in [2.24, 2.45) is 0 Å². The topological polar surface area (TPSA) is 46.9 Å². The summed E-state index contributed by atoms with van der Waals surface area (Å²) in [5.74, 6) is 0.